The summed E-state index contributed by atoms with van der Waals surface area (Å²) in [6, 6.07) is 13.5. The highest BCUT2D eigenvalue weighted by molar-refractivity contribution is 7.12. The molecule has 0 saturated heterocycles. The van der Waals surface area contributed by atoms with Crippen LogP contribution in [0.25, 0.3) is 0 Å². The molecule has 0 saturated carbocycles. The van der Waals surface area contributed by atoms with Gasteiger partial charge in [-0.15, -0.1) is 11.3 Å². The molecule has 2 N–H and O–H groups in total. The van der Waals surface area contributed by atoms with Gasteiger partial charge in [-0.3, -0.25) is 5.01 Å². The van der Waals surface area contributed by atoms with Crippen molar-refractivity contribution in [2.24, 2.45) is 5.10 Å². The lowest BCUT2D eigenvalue weighted by molar-refractivity contribution is 0.0607. The van der Waals surface area contributed by atoms with Crippen LogP contribution in [-0.2, 0) is 11.2 Å². The van der Waals surface area contributed by atoms with Crippen molar-refractivity contribution in [3.63, 3.8) is 0 Å². The lowest BCUT2D eigenvalue weighted by atomic mass is 9.94. The fourth-order valence-electron chi connectivity index (χ4n) is 3.91. The number of carbonyl (C=O) groups is 1. The first-order valence-electron chi connectivity index (χ1n) is 9.87. The fourth-order valence-corrected chi connectivity index (χ4v) is 4.71. The first-order chi connectivity index (χ1) is 15.0. The Morgan fingerprint density at radius 2 is 1.94 bits per heavy atom. The molecule has 31 heavy (non-hydrogen) atoms. The van der Waals surface area contributed by atoms with Gasteiger partial charge in [0, 0.05) is 16.8 Å². The summed E-state index contributed by atoms with van der Waals surface area (Å²) >= 11 is 1.34. The Labute approximate surface area is 183 Å². The molecular weight excluding hydrogens is 414 g/mol. The van der Waals surface area contributed by atoms with Crippen LogP contribution in [0, 0.1) is 0 Å². The number of hydrogen-bond donors (Lipinski definition) is 1. The Morgan fingerprint density at radius 1 is 1.19 bits per heavy atom. The van der Waals surface area contributed by atoms with Crippen LogP contribution in [0.5, 0.6) is 11.5 Å². The maximum atomic E-state index is 12.3. The predicted octanol–water partition coefficient (Wildman–Crippen LogP) is 4.05. The standard InChI is InChI=1S/C23H21N3O4S/c1-13-9-15-10-19-20(30-12-29-19)11-17(15)21(14-3-5-16(24)6-4-14)25-26(13)18-7-8-31-22(18)23(27)28-2/h3-8,10-11,13H,9,12,24H2,1-2H3/t13-/m1/s1. The molecule has 1 atom stereocenters. The van der Waals surface area contributed by atoms with Gasteiger partial charge in [0.05, 0.1) is 24.6 Å². The van der Waals surface area contributed by atoms with Crippen LogP contribution in [0.2, 0.25) is 0 Å². The van der Waals surface area contributed by atoms with E-state index in [9.17, 15) is 4.79 Å². The summed E-state index contributed by atoms with van der Waals surface area (Å²) in [5.74, 6) is 1.07. The number of thiophene rings is 1. The van der Waals surface area contributed by atoms with Crippen LogP contribution in [0.15, 0.2) is 52.9 Å². The molecule has 3 aromatic rings. The number of benzene rings is 2. The molecule has 8 heteroatoms. The maximum absolute atomic E-state index is 12.3. The van der Waals surface area contributed by atoms with Crippen LogP contribution in [0.4, 0.5) is 11.4 Å². The number of nitrogen functional groups attached to an aromatic ring is 1. The molecule has 158 valence electrons. The molecule has 2 aromatic carbocycles. The molecule has 5 rings (SSSR count). The molecule has 0 radical (unpaired) electrons. The molecule has 0 spiro atoms. The largest absolute Gasteiger partial charge is 0.465 e. The van der Waals surface area contributed by atoms with Crippen LogP contribution in [0.3, 0.4) is 0 Å². The van der Waals surface area contributed by atoms with Crippen LogP contribution >= 0.6 is 11.3 Å². The van der Waals surface area contributed by atoms with Crippen molar-refractivity contribution in [1.82, 2.24) is 0 Å². The molecule has 0 unspecified atom stereocenters. The van der Waals surface area contributed by atoms with Crippen molar-refractivity contribution in [3.05, 3.63) is 69.4 Å². The lowest BCUT2D eigenvalue weighted by Crippen LogP contribution is -2.30. The number of ether oxygens (including phenoxy) is 3. The van der Waals surface area contributed by atoms with Gasteiger partial charge in [0.1, 0.15) is 4.88 Å². The topological polar surface area (TPSA) is 86.4 Å². The van der Waals surface area contributed by atoms with E-state index in [2.05, 4.69) is 6.92 Å². The first kappa shape index (κ1) is 19.4. The number of nitrogens with two attached hydrogens (primary N) is 1. The Kier molecular flexibility index (Phi) is 4.78. The third-order valence-corrected chi connectivity index (χ3v) is 6.32. The highest BCUT2D eigenvalue weighted by Crippen LogP contribution is 2.39. The van der Waals surface area contributed by atoms with Crippen LogP contribution < -0.4 is 20.2 Å². The normalized spacial score (nSPS) is 17.0. The number of anilines is 2. The van der Waals surface area contributed by atoms with Gasteiger partial charge in [0.15, 0.2) is 11.5 Å². The molecule has 0 amide bonds. The summed E-state index contributed by atoms with van der Waals surface area (Å²) < 4.78 is 16.2. The van der Waals surface area contributed by atoms with E-state index < -0.39 is 0 Å². The molecule has 0 fully saturated rings. The molecule has 7 nitrogen and oxygen atoms in total. The minimum absolute atomic E-state index is 0.0107. The van der Waals surface area contributed by atoms with Crippen LogP contribution in [0.1, 0.15) is 33.3 Å². The van der Waals surface area contributed by atoms with Crippen molar-refractivity contribution in [2.75, 3.05) is 24.6 Å². The van der Waals surface area contributed by atoms with E-state index in [4.69, 9.17) is 25.0 Å². The van der Waals surface area contributed by atoms with Gasteiger partial charge in [-0.05, 0) is 54.6 Å². The van der Waals surface area contributed by atoms with E-state index in [-0.39, 0.29) is 18.8 Å². The number of fused-ring (bicyclic) bond motifs is 2. The summed E-state index contributed by atoms with van der Waals surface area (Å²) in [6.45, 7) is 2.30. The van der Waals surface area contributed by atoms with E-state index >= 15 is 0 Å². The van der Waals surface area contributed by atoms with E-state index in [1.165, 1.54) is 18.4 Å². The van der Waals surface area contributed by atoms with Crippen molar-refractivity contribution in [1.29, 1.82) is 0 Å². The molecule has 0 bridgehead atoms. The van der Waals surface area contributed by atoms with E-state index in [0.29, 0.717) is 22.7 Å². The second-order valence-corrected chi connectivity index (χ2v) is 8.37. The monoisotopic (exact) mass is 435 g/mol. The third kappa shape index (κ3) is 3.38. The van der Waals surface area contributed by atoms with Gasteiger partial charge in [0.25, 0.3) is 0 Å². The Hall–Kier alpha value is -3.52. The number of hydrazone groups is 1. The lowest BCUT2D eigenvalue weighted by Gasteiger charge is -2.25. The van der Waals surface area contributed by atoms with Crippen LogP contribution in [-0.4, -0.2) is 31.6 Å². The van der Waals surface area contributed by atoms with Crippen molar-refractivity contribution >= 4 is 34.4 Å². The summed E-state index contributed by atoms with van der Waals surface area (Å²) in [5, 5.41) is 8.83. The summed E-state index contributed by atoms with van der Waals surface area (Å²) in [6.07, 6.45) is 0.713. The highest BCUT2D eigenvalue weighted by atomic mass is 32.1. The Morgan fingerprint density at radius 3 is 2.68 bits per heavy atom. The van der Waals surface area contributed by atoms with E-state index in [1.54, 1.807) is 0 Å². The molecule has 1 aromatic heterocycles. The second-order valence-electron chi connectivity index (χ2n) is 7.46. The highest BCUT2D eigenvalue weighted by Gasteiger charge is 2.30. The number of nitrogens with zero attached hydrogens (tertiary/aromatic N) is 2. The zero-order valence-corrected chi connectivity index (χ0v) is 17.9. The maximum Gasteiger partial charge on any atom is 0.350 e. The van der Waals surface area contributed by atoms with Crippen molar-refractivity contribution in [3.8, 4) is 11.5 Å². The average Bonchev–Trinajstić information content (AvgIpc) is 3.41. The van der Waals surface area contributed by atoms with E-state index in [1.807, 2.05) is 52.9 Å². The SMILES string of the molecule is COC(=O)c1sccc1N1N=C(c2ccc(N)cc2)c2cc3c(cc2C[C@H]1C)OCO3. The number of hydrogen-bond acceptors (Lipinski definition) is 8. The minimum atomic E-state index is -0.371. The van der Waals surface area contributed by atoms with Gasteiger partial charge in [-0.1, -0.05) is 12.1 Å². The smallest absolute Gasteiger partial charge is 0.350 e. The van der Waals surface area contributed by atoms with Crippen molar-refractivity contribution < 1.29 is 19.0 Å². The van der Waals surface area contributed by atoms with Gasteiger partial charge in [-0.2, -0.15) is 5.10 Å². The molecule has 2 aliphatic rings. The molecule has 2 aliphatic heterocycles. The van der Waals surface area contributed by atoms with Gasteiger partial charge < -0.3 is 19.9 Å². The molecular formula is C23H21N3O4S. The molecule has 3 heterocycles. The zero-order valence-electron chi connectivity index (χ0n) is 17.1. The van der Waals surface area contributed by atoms with Gasteiger partial charge in [0.2, 0.25) is 6.79 Å². The summed E-state index contributed by atoms with van der Waals surface area (Å²) in [7, 11) is 1.39. The molecule has 0 aliphatic carbocycles. The first-order valence-corrected chi connectivity index (χ1v) is 10.8. The number of rotatable bonds is 3. The Bertz CT molecular complexity index is 1190. The van der Waals surface area contributed by atoms with Crippen molar-refractivity contribution in [2.45, 2.75) is 19.4 Å². The number of methoxy groups -OCH3 is 1. The average molecular weight is 436 g/mol. The second kappa shape index (κ2) is 7.63. The quantitative estimate of drug-likeness (QED) is 0.493. The number of esters is 1. The zero-order chi connectivity index (χ0) is 21.5. The van der Waals surface area contributed by atoms with Gasteiger partial charge >= 0.3 is 5.97 Å². The number of carbonyl (C=O) groups excluding carboxylic acids is 1. The van der Waals surface area contributed by atoms with Gasteiger partial charge in [-0.25, -0.2) is 4.79 Å². The summed E-state index contributed by atoms with van der Waals surface area (Å²) in [5.41, 5.74) is 11.1. The summed E-state index contributed by atoms with van der Waals surface area (Å²) in [4.78, 5) is 12.9. The minimum Gasteiger partial charge on any atom is -0.465 e. The Balaban J connectivity index is 1.70. The predicted molar refractivity (Wildman–Crippen MR) is 120 cm³/mol. The fraction of sp³-hybridized carbons (Fsp3) is 0.217. The van der Waals surface area contributed by atoms with E-state index in [0.717, 1.165) is 33.8 Å². The third-order valence-electron chi connectivity index (χ3n) is 5.44.